The maximum absolute atomic E-state index is 11.0. The number of amides is 2. The third-order valence-electron chi connectivity index (χ3n) is 1.47. The van der Waals surface area contributed by atoms with Crippen LogP contribution in [0.2, 0.25) is 0 Å². The van der Waals surface area contributed by atoms with E-state index in [-0.39, 0.29) is 12.6 Å². The van der Waals surface area contributed by atoms with E-state index in [1.54, 1.807) is 11.1 Å². The zero-order chi connectivity index (χ0) is 8.10. The molecule has 0 bridgehead atoms. The molecule has 0 aromatic heterocycles. The maximum Gasteiger partial charge on any atom is 0.321 e. The Morgan fingerprint density at radius 3 is 3.18 bits per heavy atom. The van der Waals surface area contributed by atoms with E-state index in [4.69, 9.17) is 5.11 Å². The molecular weight excluding hydrogens is 144 g/mol. The molecule has 0 radical (unpaired) electrons. The molecule has 62 valence electrons. The van der Waals surface area contributed by atoms with Crippen molar-refractivity contribution in [2.75, 3.05) is 19.7 Å². The number of aliphatic hydroxyl groups is 1. The van der Waals surface area contributed by atoms with Crippen LogP contribution in [0, 0.1) is 0 Å². The molecule has 0 fully saturated rings. The first-order valence-corrected chi connectivity index (χ1v) is 3.66. The number of urea groups is 1. The van der Waals surface area contributed by atoms with Crippen molar-refractivity contribution in [3.05, 3.63) is 12.3 Å². The Morgan fingerprint density at radius 2 is 2.55 bits per heavy atom. The van der Waals surface area contributed by atoms with Crippen molar-refractivity contribution in [2.45, 2.75) is 6.42 Å². The van der Waals surface area contributed by atoms with Crippen LogP contribution in [0.4, 0.5) is 4.79 Å². The van der Waals surface area contributed by atoms with Crippen molar-refractivity contribution in [3.8, 4) is 0 Å². The second-order valence-electron chi connectivity index (χ2n) is 2.34. The Morgan fingerprint density at radius 1 is 1.73 bits per heavy atom. The maximum atomic E-state index is 11.0. The van der Waals surface area contributed by atoms with Crippen LogP contribution in [0.25, 0.3) is 0 Å². The highest BCUT2D eigenvalue weighted by Gasteiger charge is 2.11. The summed E-state index contributed by atoms with van der Waals surface area (Å²) in [4.78, 5) is 12.5. The van der Waals surface area contributed by atoms with Crippen molar-refractivity contribution in [2.24, 2.45) is 0 Å². The summed E-state index contributed by atoms with van der Waals surface area (Å²) in [5.41, 5.74) is 0. The largest absolute Gasteiger partial charge is 0.396 e. The molecule has 0 aromatic carbocycles. The minimum Gasteiger partial charge on any atom is -0.396 e. The molecule has 1 aliphatic heterocycles. The number of aliphatic hydroxyl groups excluding tert-OH is 1. The van der Waals surface area contributed by atoms with Crippen molar-refractivity contribution in [3.63, 3.8) is 0 Å². The van der Waals surface area contributed by atoms with Gasteiger partial charge < -0.3 is 15.3 Å². The molecule has 11 heavy (non-hydrogen) atoms. The summed E-state index contributed by atoms with van der Waals surface area (Å²) < 4.78 is 0. The van der Waals surface area contributed by atoms with E-state index in [0.29, 0.717) is 19.5 Å². The Balaban J connectivity index is 2.35. The zero-order valence-corrected chi connectivity index (χ0v) is 6.29. The Labute approximate surface area is 65.5 Å². The van der Waals surface area contributed by atoms with Crippen molar-refractivity contribution in [1.82, 2.24) is 10.2 Å². The fourth-order valence-corrected chi connectivity index (χ4v) is 0.913. The van der Waals surface area contributed by atoms with Crippen molar-refractivity contribution in [1.29, 1.82) is 0 Å². The predicted molar refractivity (Wildman–Crippen MR) is 40.9 cm³/mol. The highest BCUT2D eigenvalue weighted by molar-refractivity contribution is 5.76. The van der Waals surface area contributed by atoms with E-state index < -0.39 is 0 Å². The Hall–Kier alpha value is -1.03. The van der Waals surface area contributed by atoms with E-state index in [1.165, 1.54) is 0 Å². The van der Waals surface area contributed by atoms with Gasteiger partial charge >= 0.3 is 6.03 Å². The Kier molecular flexibility index (Phi) is 2.92. The normalized spacial score (nSPS) is 16.8. The smallest absolute Gasteiger partial charge is 0.321 e. The van der Waals surface area contributed by atoms with E-state index in [0.717, 1.165) is 0 Å². The predicted octanol–water partition coefficient (Wildman–Crippen LogP) is -0.0923. The van der Waals surface area contributed by atoms with Gasteiger partial charge in [0, 0.05) is 25.9 Å². The minimum absolute atomic E-state index is 0.0825. The molecule has 4 nitrogen and oxygen atoms in total. The number of rotatable bonds is 3. The summed E-state index contributed by atoms with van der Waals surface area (Å²) in [6.07, 6.45) is 4.24. The first-order chi connectivity index (χ1) is 5.34. The second kappa shape index (κ2) is 3.98. The fourth-order valence-electron chi connectivity index (χ4n) is 0.913. The second-order valence-corrected chi connectivity index (χ2v) is 2.34. The molecule has 0 atom stereocenters. The van der Waals surface area contributed by atoms with Crippen LogP contribution in [-0.2, 0) is 0 Å². The number of hydrogen-bond donors (Lipinski definition) is 2. The van der Waals surface area contributed by atoms with Gasteiger partial charge in [-0.2, -0.15) is 0 Å². The SMILES string of the molecule is O=C1NCC=CN1CCCO. The van der Waals surface area contributed by atoms with Gasteiger partial charge in [-0.25, -0.2) is 4.79 Å². The number of nitrogens with zero attached hydrogens (tertiary/aromatic N) is 1. The van der Waals surface area contributed by atoms with Crippen LogP contribution in [0.15, 0.2) is 12.3 Å². The average molecular weight is 156 g/mol. The number of carbonyl (C=O) groups excluding carboxylic acids is 1. The van der Waals surface area contributed by atoms with Gasteiger partial charge in [0.05, 0.1) is 0 Å². The van der Waals surface area contributed by atoms with E-state index >= 15 is 0 Å². The summed E-state index contributed by atoms with van der Waals surface area (Å²) in [6, 6.07) is -0.0825. The van der Waals surface area contributed by atoms with Crippen molar-refractivity contribution >= 4 is 6.03 Å². The fraction of sp³-hybridized carbons (Fsp3) is 0.571. The molecule has 1 heterocycles. The zero-order valence-electron chi connectivity index (χ0n) is 6.29. The van der Waals surface area contributed by atoms with Crippen LogP contribution in [-0.4, -0.2) is 35.7 Å². The molecular formula is C7H12N2O2. The number of carbonyl (C=O) groups is 1. The highest BCUT2D eigenvalue weighted by atomic mass is 16.3. The molecule has 4 heteroatoms. The van der Waals surface area contributed by atoms with Gasteiger partial charge in [-0.15, -0.1) is 0 Å². The molecule has 2 N–H and O–H groups in total. The highest BCUT2D eigenvalue weighted by Crippen LogP contribution is 1.97. The van der Waals surface area contributed by atoms with Crippen molar-refractivity contribution < 1.29 is 9.90 Å². The Bertz CT molecular complexity index is 168. The van der Waals surface area contributed by atoms with Gasteiger partial charge in [-0.1, -0.05) is 0 Å². The third kappa shape index (κ3) is 2.23. The summed E-state index contributed by atoms with van der Waals surface area (Å²) in [6.45, 7) is 1.31. The summed E-state index contributed by atoms with van der Waals surface area (Å²) in [5, 5.41) is 11.2. The van der Waals surface area contributed by atoms with Gasteiger partial charge in [0.1, 0.15) is 0 Å². The van der Waals surface area contributed by atoms with Gasteiger partial charge in [0.2, 0.25) is 0 Å². The molecule has 0 aliphatic carbocycles. The van der Waals surface area contributed by atoms with Gasteiger partial charge in [0.25, 0.3) is 0 Å². The molecule has 0 unspecified atom stereocenters. The topological polar surface area (TPSA) is 52.6 Å². The van der Waals surface area contributed by atoms with Gasteiger partial charge in [-0.05, 0) is 12.5 Å². The summed E-state index contributed by atoms with van der Waals surface area (Å²) >= 11 is 0. The van der Waals surface area contributed by atoms with E-state index in [1.807, 2.05) is 6.08 Å². The molecule has 2 amide bonds. The number of hydrogen-bond acceptors (Lipinski definition) is 2. The van der Waals surface area contributed by atoms with Crippen LogP contribution >= 0.6 is 0 Å². The first kappa shape index (κ1) is 8.07. The number of nitrogens with one attached hydrogen (secondary N) is 1. The van der Waals surface area contributed by atoms with Crippen LogP contribution < -0.4 is 5.32 Å². The monoisotopic (exact) mass is 156 g/mol. The lowest BCUT2D eigenvalue weighted by Crippen LogP contribution is -2.40. The summed E-state index contributed by atoms with van der Waals surface area (Å²) in [5.74, 6) is 0. The van der Waals surface area contributed by atoms with Gasteiger partial charge in [-0.3, -0.25) is 0 Å². The lowest BCUT2D eigenvalue weighted by atomic mass is 10.4. The minimum atomic E-state index is -0.0825. The molecule has 0 spiro atoms. The lowest BCUT2D eigenvalue weighted by molar-refractivity contribution is 0.207. The third-order valence-corrected chi connectivity index (χ3v) is 1.47. The first-order valence-electron chi connectivity index (χ1n) is 3.66. The average Bonchev–Trinajstić information content (AvgIpc) is 2.03. The van der Waals surface area contributed by atoms with Gasteiger partial charge in [0.15, 0.2) is 0 Å². The molecule has 1 rings (SSSR count). The van der Waals surface area contributed by atoms with Crippen LogP contribution in [0.5, 0.6) is 0 Å². The molecule has 1 aliphatic rings. The van der Waals surface area contributed by atoms with E-state index in [2.05, 4.69) is 5.32 Å². The van der Waals surface area contributed by atoms with Crippen LogP contribution in [0.3, 0.4) is 0 Å². The molecule has 0 aromatic rings. The standard InChI is InChI=1S/C7H12N2O2/c10-6-2-5-9-4-1-3-8-7(9)11/h1,4,10H,2-3,5-6H2,(H,8,11). The summed E-state index contributed by atoms with van der Waals surface area (Å²) in [7, 11) is 0. The molecule has 0 saturated carbocycles. The quantitative estimate of drug-likeness (QED) is 0.600. The van der Waals surface area contributed by atoms with Crippen LogP contribution in [0.1, 0.15) is 6.42 Å². The lowest BCUT2D eigenvalue weighted by Gasteiger charge is -2.21. The molecule has 0 saturated heterocycles. The van der Waals surface area contributed by atoms with E-state index in [9.17, 15) is 4.79 Å².